The molecule has 0 spiro atoms. The fraction of sp³-hybridized carbons (Fsp3) is 0.565. The number of methoxy groups -OCH3 is 1. The Balaban J connectivity index is 2.79. The van der Waals surface area contributed by atoms with Gasteiger partial charge in [-0.2, -0.15) is 0 Å². The van der Waals surface area contributed by atoms with Gasteiger partial charge in [0.15, 0.2) is 13.7 Å². The molecule has 1 aliphatic rings. The Morgan fingerprint density at radius 3 is 2.11 bits per heavy atom. The molecule has 13 nitrogen and oxygen atoms in total. The van der Waals surface area contributed by atoms with Gasteiger partial charge in [-0.15, -0.1) is 0 Å². The SMILES string of the molecule is COC(=O)C(=C(C)C)N1C(=O)[C@@H]([C@@H](C)O[Si](C)(C)C(C)(C)C)[C@H]1S(=O)(=O)c1ccc([N+](=O)[O-])cc1[N+](=O)[O-]. The van der Waals surface area contributed by atoms with Crippen molar-refractivity contribution < 1.29 is 37.0 Å². The molecule has 0 bridgehead atoms. The van der Waals surface area contributed by atoms with Gasteiger partial charge in [-0.3, -0.25) is 29.9 Å². The second-order valence-corrected chi connectivity index (χ2v) is 17.5. The number of nitro groups is 2. The lowest BCUT2D eigenvalue weighted by Crippen LogP contribution is -2.68. The predicted molar refractivity (Wildman–Crippen MR) is 139 cm³/mol. The van der Waals surface area contributed by atoms with Crippen molar-refractivity contribution in [3.63, 3.8) is 0 Å². The van der Waals surface area contributed by atoms with Gasteiger partial charge in [0.2, 0.25) is 15.7 Å². The summed E-state index contributed by atoms with van der Waals surface area (Å²) < 4.78 is 39.1. The lowest BCUT2D eigenvalue weighted by Gasteiger charge is -2.50. The zero-order valence-electron chi connectivity index (χ0n) is 22.8. The van der Waals surface area contributed by atoms with Crippen LogP contribution in [0.3, 0.4) is 0 Å². The molecule has 0 saturated carbocycles. The van der Waals surface area contributed by atoms with E-state index >= 15 is 0 Å². The number of likely N-dealkylation sites (tertiary alicyclic amines) is 1. The van der Waals surface area contributed by atoms with Crippen LogP contribution in [0.25, 0.3) is 0 Å². The van der Waals surface area contributed by atoms with Crippen molar-refractivity contribution in [2.45, 2.75) is 76.0 Å². The van der Waals surface area contributed by atoms with Crippen molar-refractivity contribution in [2.75, 3.05) is 7.11 Å². The summed E-state index contributed by atoms with van der Waals surface area (Å²) in [5, 5.41) is 20.9. The first-order chi connectivity index (χ1) is 17.2. The molecular weight excluding hydrogens is 538 g/mol. The Morgan fingerprint density at radius 1 is 1.13 bits per heavy atom. The van der Waals surface area contributed by atoms with Gasteiger partial charge < -0.3 is 9.16 Å². The number of nitro benzene ring substituents is 2. The van der Waals surface area contributed by atoms with Crippen molar-refractivity contribution in [3.8, 4) is 0 Å². The van der Waals surface area contributed by atoms with Crippen LogP contribution in [0.2, 0.25) is 18.1 Å². The van der Waals surface area contributed by atoms with Gasteiger partial charge in [-0.1, -0.05) is 20.8 Å². The topological polar surface area (TPSA) is 176 Å². The van der Waals surface area contributed by atoms with E-state index in [-0.39, 0.29) is 16.3 Å². The van der Waals surface area contributed by atoms with E-state index in [4.69, 9.17) is 9.16 Å². The summed E-state index contributed by atoms with van der Waals surface area (Å²) >= 11 is 0. The molecule has 1 aromatic carbocycles. The molecule has 1 amide bonds. The van der Waals surface area contributed by atoms with E-state index in [9.17, 15) is 38.2 Å². The fourth-order valence-corrected chi connectivity index (χ4v) is 7.56. The Hall–Kier alpha value is -3.17. The number of β-lactam (4-membered cyclic amide) rings is 1. The Bertz CT molecular complexity index is 1310. The van der Waals surface area contributed by atoms with Crippen LogP contribution in [-0.2, 0) is 28.6 Å². The van der Waals surface area contributed by atoms with Crippen LogP contribution in [-0.4, -0.2) is 61.9 Å². The largest absolute Gasteiger partial charge is 0.464 e. The first-order valence-corrected chi connectivity index (χ1v) is 16.1. The number of rotatable bonds is 9. The summed E-state index contributed by atoms with van der Waals surface area (Å²) in [6.07, 6.45) is -0.937. The van der Waals surface area contributed by atoms with Crippen LogP contribution in [0.5, 0.6) is 0 Å². The molecule has 0 N–H and O–H groups in total. The zero-order chi connectivity index (χ0) is 29.5. The Kier molecular flexibility index (Phi) is 8.61. The highest BCUT2D eigenvalue weighted by molar-refractivity contribution is 7.92. The molecule has 1 saturated heterocycles. The lowest BCUT2D eigenvalue weighted by molar-refractivity contribution is -0.396. The van der Waals surface area contributed by atoms with Crippen molar-refractivity contribution in [1.29, 1.82) is 0 Å². The van der Waals surface area contributed by atoms with Crippen molar-refractivity contribution in [3.05, 3.63) is 49.7 Å². The smallest absolute Gasteiger partial charge is 0.354 e. The second kappa shape index (κ2) is 10.5. The molecule has 1 heterocycles. The molecule has 0 radical (unpaired) electrons. The molecule has 1 aromatic rings. The van der Waals surface area contributed by atoms with Gasteiger partial charge in [0.25, 0.3) is 11.4 Å². The predicted octanol–water partition coefficient (Wildman–Crippen LogP) is 3.94. The van der Waals surface area contributed by atoms with Crippen LogP contribution in [0.1, 0.15) is 41.5 Å². The highest BCUT2D eigenvalue weighted by Crippen LogP contribution is 2.45. The molecule has 0 aromatic heterocycles. The Morgan fingerprint density at radius 2 is 1.68 bits per heavy atom. The standard InChI is InChI=1S/C23H33N3O10SSi/c1-13(2)19(22(28)35-7)24-20(27)18(14(3)36-38(8,9)23(4,5)6)21(24)37(33,34)17-11-10-15(25(29)30)12-16(17)26(31)32/h10-12,14,18,21H,1-9H3/t14-,18-,21-/m1/s1. The number of hydrogen-bond donors (Lipinski definition) is 0. The number of hydrogen-bond acceptors (Lipinski definition) is 10. The molecule has 210 valence electrons. The number of esters is 1. The molecule has 15 heteroatoms. The average molecular weight is 572 g/mol. The summed E-state index contributed by atoms with van der Waals surface area (Å²) in [4.78, 5) is 47.0. The van der Waals surface area contributed by atoms with E-state index in [2.05, 4.69) is 0 Å². The van der Waals surface area contributed by atoms with Gasteiger partial charge in [0, 0.05) is 6.07 Å². The minimum absolute atomic E-state index is 0.278. The van der Waals surface area contributed by atoms with Crippen LogP contribution in [0.4, 0.5) is 11.4 Å². The van der Waals surface area contributed by atoms with Crippen LogP contribution < -0.4 is 0 Å². The number of carbonyl (C=O) groups excluding carboxylic acids is 2. The average Bonchev–Trinajstić information content (AvgIpc) is 2.77. The van der Waals surface area contributed by atoms with Crippen LogP contribution in [0.15, 0.2) is 34.4 Å². The normalized spacial score (nSPS) is 18.9. The number of allylic oxidation sites excluding steroid dienone is 1. The summed E-state index contributed by atoms with van der Waals surface area (Å²) in [6, 6.07) is 2.14. The van der Waals surface area contributed by atoms with Crippen molar-refractivity contribution in [2.24, 2.45) is 5.92 Å². The summed E-state index contributed by atoms with van der Waals surface area (Å²) in [6.45, 7) is 14.3. The molecule has 1 fully saturated rings. The van der Waals surface area contributed by atoms with Crippen LogP contribution in [0, 0.1) is 26.1 Å². The molecule has 38 heavy (non-hydrogen) atoms. The number of non-ortho nitro benzene ring substituents is 1. The van der Waals surface area contributed by atoms with Gasteiger partial charge >= 0.3 is 5.97 Å². The first-order valence-electron chi connectivity index (χ1n) is 11.6. The van der Waals surface area contributed by atoms with E-state index in [1.165, 1.54) is 13.8 Å². The van der Waals surface area contributed by atoms with E-state index in [1.54, 1.807) is 6.92 Å². The summed E-state index contributed by atoms with van der Waals surface area (Å²) in [7, 11) is -6.22. The maximum absolute atomic E-state index is 14.0. The lowest BCUT2D eigenvalue weighted by atomic mass is 9.91. The van der Waals surface area contributed by atoms with Crippen molar-refractivity contribution >= 4 is 41.4 Å². The quantitative estimate of drug-likeness (QED) is 0.105. The third kappa shape index (κ3) is 5.49. The molecule has 3 atom stereocenters. The minimum atomic E-state index is -4.77. The van der Waals surface area contributed by atoms with E-state index in [1.807, 2.05) is 33.9 Å². The maximum Gasteiger partial charge on any atom is 0.354 e. The third-order valence-corrected chi connectivity index (χ3v) is 13.6. The number of sulfone groups is 1. The minimum Gasteiger partial charge on any atom is -0.464 e. The number of carbonyl (C=O) groups is 2. The van der Waals surface area contributed by atoms with Gasteiger partial charge in [-0.05, 0) is 50.5 Å². The van der Waals surface area contributed by atoms with Crippen LogP contribution >= 0.6 is 0 Å². The van der Waals surface area contributed by atoms with Gasteiger partial charge in [-0.25, -0.2) is 13.2 Å². The molecule has 2 rings (SSSR count). The third-order valence-electron chi connectivity index (χ3n) is 6.94. The van der Waals surface area contributed by atoms with Gasteiger partial charge in [0.1, 0.15) is 10.6 Å². The number of benzene rings is 1. The highest BCUT2D eigenvalue weighted by atomic mass is 32.2. The first kappa shape index (κ1) is 31.0. The zero-order valence-corrected chi connectivity index (χ0v) is 24.6. The monoisotopic (exact) mass is 571 g/mol. The van der Waals surface area contributed by atoms with E-state index in [0.29, 0.717) is 6.07 Å². The fourth-order valence-electron chi connectivity index (χ4n) is 3.98. The molecule has 0 aliphatic carbocycles. The number of amides is 1. The highest BCUT2D eigenvalue weighted by Gasteiger charge is 2.61. The maximum atomic E-state index is 14.0. The summed E-state index contributed by atoms with van der Waals surface area (Å²) in [5.74, 6) is -3.01. The van der Waals surface area contributed by atoms with E-state index in [0.717, 1.165) is 24.1 Å². The molecular formula is C23H33N3O10SSi. The van der Waals surface area contributed by atoms with Gasteiger partial charge in [0.05, 0.1) is 35.0 Å². The van der Waals surface area contributed by atoms with Crippen molar-refractivity contribution in [1.82, 2.24) is 4.90 Å². The van der Waals surface area contributed by atoms with E-state index < -0.39 is 73.5 Å². The number of ether oxygens (including phenoxy) is 1. The summed E-state index contributed by atoms with van der Waals surface area (Å²) in [5.41, 5.74) is -1.73. The Labute approximate surface area is 222 Å². The second-order valence-electron chi connectivity index (χ2n) is 10.8. The molecule has 0 unspecified atom stereocenters. The number of nitrogens with zero attached hydrogens (tertiary/aromatic N) is 3. The molecule has 1 aliphatic heterocycles.